The lowest BCUT2D eigenvalue weighted by molar-refractivity contribution is 0.0202. The van der Waals surface area contributed by atoms with Crippen molar-refractivity contribution in [1.82, 2.24) is 19.0 Å². The fourth-order valence-electron chi connectivity index (χ4n) is 5.28. The summed E-state index contributed by atoms with van der Waals surface area (Å²) in [6.45, 7) is 13.7. The van der Waals surface area contributed by atoms with Gasteiger partial charge < -0.3 is 23.8 Å². The zero-order chi connectivity index (χ0) is 26.6. The Balaban J connectivity index is 1.62. The summed E-state index contributed by atoms with van der Waals surface area (Å²) in [6.07, 6.45) is 4.46. The standard InChI is InChI=1S/C25H40IN5O4Si/c1-25(2,3)35-24(33)28(4)19-13-16-9-10-18(19)31(16)23-27-21-20(22(32)29(23)5)17(26)14-30(21)15-34-11-12-36(6,7)8/h14,16,18-19H,9-13,15H2,1-8H3/t16-,18+,19+/m0/s1. The number of hydrogen-bond acceptors (Lipinski definition) is 6. The number of rotatable bonds is 7. The van der Waals surface area contributed by atoms with Gasteiger partial charge in [0.15, 0.2) is 5.65 Å². The predicted octanol–water partition coefficient (Wildman–Crippen LogP) is 4.63. The van der Waals surface area contributed by atoms with E-state index in [1.165, 1.54) is 0 Å². The van der Waals surface area contributed by atoms with Crippen molar-refractivity contribution in [1.29, 1.82) is 0 Å². The van der Waals surface area contributed by atoms with Gasteiger partial charge in [-0.15, -0.1) is 0 Å². The summed E-state index contributed by atoms with van der Waals surface area (Å²) in [6, 6.07) is 1.44. The van der Waals surface area contributed by atoms with Gasteiger partial charge in [-0.05, 0) is 68.7 Å². The first-order chi connectivity index (χ1) is 16.7. The number of amides is 1. The molecule has 2 saturated heterocycles. The molecule has 2 bridgehead atoms. The van der Waals surface area contributed by atoms with Gasteiger partial charge in [0, 0.05) is 44.6 Å². The maximum atomic E-state index is 13.5. The SMILES string of the molecule is CN(C(=O)OC(C)(C)C)[C@@H]1C[C@@H]2CC[C@H]1N2c1nc2c(c(I)cn2COCC[Si](C)(C)C)c(=O)n1C. The van der Waals surface area contributed by atoms with E-state index in [0.717, 1.165) is 28.9 Å². The van der Waals surface area contributed by atoms with Gasteiger partial charge in [-0.3, -0.25) is 9.36 Å². The van der Waals surface area contributed by atoms with Gasteiger partial charge in [0.05, 0.1) is 17.5 Å². The summed E-state index contributed by atoms with van der Waals surface area (Å²) in [5.41, 5.74) is 0.0659. The van der Waals surface area contributed by atoms with Gasteiger partial charge in [-0.1, -0.05) is 19.6 Å². The van der Waals surface area contributed by atoms with E-state index in [9.17, 15) is 9.59 Å². The first-order valence-corrected chi connectivity index (χ1v) is 17.5. The number of likely N-dealkylation sites (N-methyl/N-ethyl adjacent to an activating group) is 1. The van der Waals surface area contributed by atoms with Crippen molar-refractivity contribution < 1.29 is 14.3 Å². The van der Waals surface area contributed by atoms with Crippen LogP contribution in [0, 0.1) is 3.57 Å². The number of ether oxygens (including phenoxy) is 2. The van der Waals surface area contributed by atoms with E-state index >= 15 is 0 Å². The summed E-state index contributed by atoms with van der Waals surface area (Å²) in [4.78, 5) is 35.3. The molecule has 0 aliphatic carbocycles. The van der Waals surface area contributed by atoms with Crippen LogP contribution in [0.5, 0.6) is 0 Å². The molecule has 36 heavy (non-hydrogen) atoms. The zero-order valence-electron chi connectivity index (χ0n) is 22.8. The molecule has 2 aromatic rings. The maximum Gasteiger partial charge on any atom is 0.410 e. The topological polar surface area (TPSA) is 81.8 Å². The molecule has 11 heteroatoms. The van der Waals surface area contributed by atoms with E-state index in [0.29, 0.717) is 30.3 Å². The summed E-state index contributed by atoms with van der Waals surface area (Å²) < 4.78 is 16.1. The molecule has 0 radical (unpaired) electrons. The summed E-state index contributed by atoms with van der Waals surface area (Å²) in [5, 5.41) is 0.629. The van der Waals surface area contributed by atoms with E-state index in [2.05, 4.69) is 47.1 Å². The molecule has 3 atom stereocenters. The largest absolute Gasteiger partial charge is 0.444 e. The van der Waals surface area contributed by atoms with Crippen LogP contribution in [0.1, 0.15) is 40.0 Å². The second-order valence-corrected chi connectivity index (χ2v) is 19.2. The van der Waals surface area contributed by atoms with Gasteiger partial charge in [-0.2, -0.15) is 4.98 Å². The number of halogens is 1. The van der Waals surface area contributed by atoms with E-state index < -0.39 is 13.7 Å². The Hall–Kier alpha value is -1.60. The van der Waals surface area contributed by atoms with Crippen LogP contribution in [-0.4, -0.2) is 70.6 Å². The van der Waals surface area contributed by atoms with E-state index in [4.69, 9.17) is 14.5 Å². The Morgan fingerprint density at radius 2 is 1.97 bits per heavy atom. The number of fused-ring (bicyclic) bond motifs is 3. The molecule has 0 saturated carbocycles. The van der Waals surface area contributed by atoms with Gasteiger partial charge in [0.1, 0.15) is 12.3 Å². The van der Waals surface area contributed by atoms with Crippen LogP contribution in [-0.2, 0) is 23.3 Å². The van der Waals surface area contributed by atoms with Crippen LogP contribution >= 0.6 is 22.6 Å². The number of hydrogen-bond donors (Lipinski definition) is 0. The molecule has 0 aromatic carbocycles. The fraction of sp³-hybridized carbons (Fsp3) is 0.720. The van der Waals surface area contributed by atoms with Gasteiger partial charge >= 0.3 is 6.09 Å². The van der Waals surface area contributed by atoms with Crippen LogP contribution in [0.4, 0.5) is 10.7 Å². The number of anilines is 1. The number of aromatic nitrogens is 3. The Morgan fingerprint density at radius 3 is 2.61 bits per heavy atom. The highest BCUT2D eigenvalue weighted by Crippen LogP contribution is 2.42. The molecular weight excluding hydrogens is 589 g/mol. The first kappa shape index (κ1) is 27.4. The lowest BCUT2D eigenvalue weighted by atomic mass is 9.95. The molecule has 4 heterocycles. The normalized spacial score (nSPS) is 22.0. The Bertz CT molecular complexity index is 1200. The monoisotopic (exact) mass is 629 g/mol. The smallest absolute Gasteiger partial charge is 0.410 e. The lowest BCUT2D eigenvalue weighted by Crippen LogP contribution is -2.47. The number of nitrogens with zero attached hydrogens (tertiary/aromatic N) is 5. The minimum Gasteiger partial charge on any atom is -0.444 e. The van der Waals surface area contributed by atoms with E-state index in [1.54, 1.807) is 16.5 Å². The second kappa shape index (κ2) is 9.94. The fourth-order valence-corrected chi connectivity index (χ4v) is 6.85. The molecule has 200 valence electrons. The second-order valence-electron chi connectivity index (χ2n) is 12.4. The van der Waals surface area contributed by atoms with E-state index in [-0.39, 0.29) is 29.8 Å². The van der Waals surface area contributed by atoms with Crippen molar-refractivity contribution in [2.24, 2.45) is 7.05 Å². The van der Waals surface area contributed by atoms with Crippen molar-refractivity contribution in [3.8, 4) is 0 Å². The number of carbonyl (C=O) groups is 1. The lowest BCUT2D eigenvalue weighted by Gasteiger charge is -2.33. The minimum atomic E-state index is -1.18. The van der Waals surface area contributed by atoms with Crippen LogP contribution < -0.4 is 10.5 Å². The highest BCUT2D eigenvalue weighted by molar-refractivity contribution is 14.1. The van der Waals surface area contributed by atoms with Gasteiger partial charge in [-0.25, -0.2) is 4.79 Å². The molecular formula is C25H40IN5O4Si. The predicted molar refractivity (Wildman–Crippen MR) is 153 cm³/mol. The summed E-state index contributed by atoms with van der Waals surface area (Å²) in [5.74, 6) is 0.665. The summed E-state index contributed by atoms with van der Waals surface area (Å²) >= 11 is 2.21. The maximum absolute atomic E-state index is 13.5. The average Bonchev–Trinajstić information content (AvgIpc) is 3.42. The van der Waals surface area contributed by atoms with Crippen LogP contribution in [0.3, 0.4) is 0 Å². The third kappa shape index (κ3) is 5.47. The molecule has 0 N–H and O–H groups in total. The van der Waals surface area contributed by atoms with Crippen LogP contribution in [0.2, 0.25) is 25.7 Å². The Morgan fingerprint density at radius 1 is 1.28 bits per heavy atom. The van der Waals surface area contributed by atoms with Crippen molar-refractivity contribution in [2.75, 3.05) is 18.6 Å². The third-order valence-electron chi connectivity index (χ3n) is 7.17. The molecule has 0 unspecified atom stereocenters. The third-order valence-corrected chi connectivity index (χ3v) is 9.69. The highest BCUT2D eigenvalue weighted by atomic mass is 127. The molecule has 2 aliphatic heterocycles. The zero-order valence-corrected chi connectivity index (χ0v) is 26.0. The van der Waals surface area contributed by atoms with E-state index in [1.807, 2.05) is 38.6 Å². The molecule has 9 nitrogen and oxygen atoms in total. The molecule has 2 aliphatic rings. The molecule has 0 spiro atoms. The number of carbonyl (C=O) groups excluding carboxylic acids is 1. The minimum absolute atomic E-state index is 0.0167. The van der Waals surface area contributed by atoms with Crippen LogP contribution in [0.15, 0.2) is 11.0 Å². The molecule has 1 amide bonds. The van der Waals surface area contributed by atoms with Crippen molar-refractivity contribution in [3.05, 3.63) is 20.1 Å². The molecule has 4 rings (SSSR count). The van der Waals surface area contributed by atoms with Crippen molar-refractivity contribution in [2.45, 2.75) is 96.2 Å². The highest BCUT2D eigenvalue weighted by Gasteiger charge is 2.50. The first-order valence-electron chi connectivity index (χ1n) is 12.8. The quantitative estimate of drug-likeness (QED) is 0.253. The average molecular weight is 630 g/mol. The molecule has 2 fully saturated rings. The molecule has 2 aromatic heterocycles. The van der Waals surface area contributed by atoms with Gasteiger partial charge in [0.25, 0.3) is 5.56 Å². The summed E-state index contributed by atoms with van der Waals surface area (Å²) in [7, 11) is 2.43. The van der Waals surface area contributed by atoms with Gasteiger partial charge in [0.2, 0.25) is 5.95 Å². The Kier molecular flexibility index (Phi) is 7.57. The van der Waals surface area contributed by atoms with Crippen molar-refractivity contribution in [3.63, 3.8) is 0 Å². The van der Waals surface area contributed by atoms with Crippen LogP contribution in [0.25, 0.3) is 11.0 Å². The van der Waals surface area contributed by atoms with Crippen molar-refractivity contribution >= 4 is 53.7 Å². The Labute approximate surface area is 228 Å².